The van der Waals surface area contributed by atoms with Gasteiger partial charge in [-0.2, -0.15) is 0 Å². The average Bonchev–Trinajstić information content (AvgIpc) is 3.39. The second kappa shape index (κ2) is 13.5. The molecule has 3 aromatic carbocycles. The fourth-order valence-corrected chi connectivity index (χ4v) is 6.67. The number of benzene rings is 3. The van der Waals surface area contributed by atoms with Gasteiger partial charge < -0.3 is 19.1 Å². The van der Waals surface area contributed by atoms with Gasteiger partial charge in [-0.1, -0.05) is 53.8 Å². The number of aromatic nitrogens is 1. The maximum Gasteiger partial charge on any atom is 0.338 e. The Morgan fingerprint density at radius 3 is 2.48 bits per heavy atom. The maximum atomic E-state index is 14.4. The molecule has 0 N–H and O–H groups in total. The van der Waals surface area contributed by atoms with Crippen LogP contribution in [-0.2, 0) is 14.3 Å². The van der Waals surface area contributed by atoms with Crippen molar-refractivity contribution in [3.63, 3.8) is 0 Å². The van der Waals surface area contributed by atoms with Crippen molar-refractivity contribution in [1.29, 1.82) is 0 Å². The minimum absolute atomic E-state index is 0.0840. The normalized spacial score (nSPS) is 16.5. The monoisotopic (exact) mass is 640 g/mol. The molecule has 3 heterocycles. The number of carbonyl (C=O) groups excluding carboxylic acids is 1. The molecule has 0 radical (unpaired) electrons. The number of ether oxygens (including phenoxy) is 3. The first-order valence-electron chi connectivity index (χ1n) is 15.0. The van der Waals surface area contributed by atoms with Crippen LogP contribution in [0.25, 0.3) is 11.8 Å². The minimum atomic E-state index is -0.854. The Labute approximate surface area is 268 Å². The number of nitro groups is 1. The average molecular weight is 641 g/mol. The number of fused-ring (bicyclic) bond motifs is 1. The van der Waals surface area contributed by atoms with Crippen LogP contribution in [0.5, 0.6) is 5.75 Å². The van der Waals surface area contributed by atoms with Crippen LogP contribution in [-0.4, -0.2) is 55.0 Å². The highest BCUT2D eigenvalue weighted by atomic mass is 32.1. The van der Waals surface area contributed by atoms with Gasteiger partial charge in [0.2, 0.25) is 0 Å². The van der Waals surface area contributed by atoms with Crippen LogP contribution < -0.4 is 24.5 Å². The van der Waals surface area contributed by atoms with E-state index in [1.165, 1.54) is 28.0 Å². The lowest BCUT2D eigenvalue weighted by Gasteiger charge is -2.30. The number of nitro benzene ring substituents is 1. The molecule has 0 aliphatic carbocycles. The van der Waals surface area contributed by atoms with Crippen molar-refractivity contribution in [1.82, 2.24) is 4.57 Å². The molecule has 4 aromatic rings. The second-order valence-corrected chi connectivity index (χ2v) is 11.5. The molecule has 1 unspecified atom stereocenters. The summed E-state index contributed by atoms with van der Waals surface area (Å²) in [5, 5.41) is 11.7. The SMILES string of the molecule is CCOC(=O)C1=C(c2ccccc2)N=c2s/c(=C/c3cc([N+](=O)[O-])ccc3N3CCOCC3)c(=O)n2C1c1ccc(OCC)cc1. The summed E-state index contributed by atoms with van der Waals surface area (Å²) >= 11 is 1.17. The van der Waals surface area contributed by atoms with E-state index in [9.17, 15) is 19.7 Å². The van der Waals surface area contributed by atoms with E-state index in [0.717, 1.165) is 5.69 Å². The molecule has 1 fully saturated rings. The smallest absolute Gasteiger partial charge is 0.338 e. The summed E-state index contributed by atoms with van der Waals surface area (Å²) in [5.74, 6) is 0.0801. The molecule has 2 aliphatic heterocycles. The Bertz CT molecular complexity index is 1980. The summed E-state index contributed by atoms with van der Waals surface area (Å²) in [6.45, 7) is 6.53. The van der Waals surface area contributed by atoms with Gasteiger partial charge in [-0.25, -0.2) is 9.79 Å². The number of carbonyl (C=O) groups is 1. The summed E-state index contributed by atoms with van der Waals surface area (Å²) in [6.07, 6.45) is 1.67. The van der Waals surface area contributed by atoms with Gasteiger partial charge in [0.05, 0.1) is 53.2 Å². The van der Waals surface area contributed by atoms with Gasteiger partial charge in [-0.05, 0) is 43.7 Å². The highest BCUT2D eigenvalue weighted by molar-refractivity contribution is 7.07. The minimum Gasteiger partial charge on any atom is -0.494 e. The van der Waals surface area contributed by atoms with E-state index in [0.29, 0.717) is 70.4 Å². The van der Waals surface area contributed by atoms with Gasteiger partial charge in [-0.15, -0.1) is 0 Å². The van der Waals surface area contributed by atoms with E-state index in [1.54, 1.807) is 31.2 Å². The topological polar surface area (TPSA) is 126 Å². The number of thiazole rings is 1. The molecule has 0 saturated carbocycles. The Kier molecular flexibility index (Phi) is 9.08. The van der Waals surface area contributed by atoms with Gasteiger partial charge in [0, 0.05) is 42.0 Å². The summed E-state index contributed by atoms with van der Waals surface area (Å²) < 4.78 is 18.5. The van der Waals surface area contributed by atoms with Gasteiger partial charge >= 0.3 is 5.97 Å². The van der Waals surface area contributed by atoms with Crippen molar-refractivity contribution in [3.05, 3.63) is 125 Å². The van der Waals surface area contributed by atoms with Crippen molar-refractivity contribution >= 4 is 40.5 Å². The second-order valence-electron chi connectivity index (χ2n) is 10.5. The van der Waals surface area contributed by atoms with E-state index in [1.807, 2.05) is 49.4 Å². The van der Waals surface area contributed by atoms with Gasteiger partial charge in [0.25, 0.3) is 11.2 Å². The van der Waals surface area contributed by atoms with Crippen LogP contribution in [0.2, 0.25) is 0 Å². The first-order chi connectivity index (χ1) is 22.4. The lowest BCUT2D eigenvalue weighted by molar-refractivity contribution is -0.384. The van der Waals surface area contributed by atoms with Crippen molar-refractivity contribution in [2.45, 2.75) is 19.9 Å². The predicted molar refractivity (Wildman–Crippen MR) is 175 cm³/mol. The van der Waals surface area contributed by atoms with Crippen LogP contribution in [0.4, 0.5) is 11.4 Å². The van der Waals surface area contributed by atoms with Crippen molar-refractivity contribution in [3.8, 4) is 5.75 Å². The van der Waals surface area contributed by atoms with Gasteiger partial charge in [0.15, 0.2) is 4.80 Å². The Balaban J connectivity index is 1.60. The van der Waals surface area contributed by atoms with E-state index in [2.05, 4.69) is 4.90 Å². The third kappa shape index (κ3) is 6.09. The summed E-state index contributed by atoms with van der Waals surface area (Å²) in [5.41, 5.74) is 2.86. The number of anilines is 1. The van der Waals surface area contributed by atoms with Crippen LogP contribution in [0.15, 0.2) is 88.2 Å². The highest BCUT2D eigenvalue weighted by Gasteiger charge is 2.35. The molecule has 0 bridgehead atoms. The molecule has 0 spiro atoms. The standard InChI is InChI=1S/C34H32N4O7S/c1-3-44-26-13-10-23(11-14-26)31-29(33(40)45-4-2)30(22-8-6-5-7-9-22)35-34-37(31)32(39)28(46-34)21-24-20-25(38(41)42)12-15-27(24)36-16-18-43-19-17-36/h5-15,20-21,31H,3-4,16-19H2,1-2H3/b28-21+. The molecule has 6 rings (SSSR count). The van der Waals surface area contributed by atoms with E-state index >= 15 is 0 Å². The van der Waals surface area contributed by atoms with Gasteiger partial charge in [-0.3, -0.25) is 19.5 Å². The zero-order valence-electron chi connectivity index (χ0n) is 25.4. The lowest BCUT2D eigenvalue weighted by atomic mass is 9.93. The molecule has 1 aromatic heterocycles. The number of hydrogen-bond donors (Lipinski definition) is 0. The van der Waals surface area contributed by atoms with E-state index in [-0.39, 0.29) is 23.4 Å². The first-order valence-corrected chi connectivity index (χ1v) is 15.8. The molecule has 0 amide bonds. The fraction of sp³-hybridized carbons (Fsp3) is 0.265. The molecule has 1 atom stereocenters. The molecular formula is C34H32N4O7S. The maximum absolute atomic E-state index is 14.4. The molecule has 12 heteroatoms. The molecule has 2 aliphatic rings. The summed E-state index contributed by atoms with van der Waals surface area (Å²) in [6, 6.07) is 20.4. The molecule has 1 saturated heterocycles. The number of esters is 1. The Morgan fingerprint density at radius 2 is 1.80 bits per heavy atom. The van der Waals surface area contributed by atoms with Crippen molar-refractivity contribution in [2.75, 3.05) is 44.4 Å². The van der Waals surface area contributed by atoms with Crippen LogP contribution in [0, 0.1) is 10.1 Å². The Hall–Kier alpha value is -5.07. The number of rotatable bonds is 9. The highest BCUT2D eigenvalue weighted by Crippen LogP contribution is 2.36. The van der Waals surface area contributed by atoms with Gasteiger partial charge in [0.1, 0.15) is 5.75 Å². The summed E-state index contributed by atoms with van der Waals surface area (Å²) in [4.78, 5) is 46.7. The zero-order chi connectivity index (χ0) is 32.2. The lowest BCUT2D eigenvalue weighted by Crippen LogP contribution is -2.40. The quantitative estimate of drug-likeness (QED) is 0.152. The van der Waals surface area contributed by atoms with E-state index in [4.69, 9.17) is 19.2 Å². The van der Waals surface area contributed by atoms with Crippen LogP contribution >= 0.6 is 11.3 Å². The van der Waals surface area contributed by atoms with Crippen LogP contribution in [0.3, 0.4) is 0 Å². The Morgan fingerprint density at radius 1 is 1.07 bits per heavy atom. The third-order valence-electron chi connectivity index (χ3n) is 7.74. The molecule has 11 nitrogen and oxygen atoms in total. The predicted octanol–water partition coefficient (Wildman–Crippen LogP) is 4.08. The fourth-order valence-electron chi connectivity index (χ4n) is 5.67. The largest absolute Gasteiger partial charge is 0.494 e. The first kappa shape index (κ1) is 30.9. The number of nitrogens with zero attached hydrogens (tertiary/aromatic N) is 4. The number of morpholine rings is 1. The van der Waals surface area contributed by atoms with E-state index < -0.39 is 16.9 Å². The molecule has 236 valence electrons. The van der Waals surface area contributed by atoms with Crippen LogP contribution in [0.1, 0.15) is 36.6 Å². The van der Waals surface area contributed by atoms with Crippen molar-refractivity contribution in [2.24, 2.45) is 4.99 Å². The molecule has 46 heavy (non-hydrogen) atoms. The zero-order valence-corrected chi connectivity index (χ0v) is 26.2. The number of hydrogen-bond acceptors (Lipinski definition) is 10. The molecular weight excluding hydrogens is 608 g/mol. The number of non-ortho nitro benzene ring substituents is 1. The summed E-state index contributed by atoms with van der Waals surface area (Å²) in [7, 11) is 0. The third-order valence-corrected chi connectivity index (χ3v) is 8.72. The van der Waals surface area contributed by atoms with Crippen molar-refractivity contribution < 1.29 is 23.9 Å².